The van der Waals surface area contributed by atoms with E-state index in [1.165, 1.54) is 33.6 Å². The molecule has 4 heteroatoms. The first-order valence-corrected chi connectivity index (χ1v) is 8.71. The number of nitrogens with zero attached hydrogens (tertiary/aromatic N) is 2. The lowest BCUT2D eigenvalue weighted by molar-refractivity contribution is 0.333. The van der Waals surface area contributed by atoms with E-state index >= 15 is 0 Å². The van der Waals surface area contributed by atoms with Crippen molar-refractivity contribution < 1.29 is 0 Å². The molecule has 3 nitrogen and oxygen atoms in total. The van der Waals surface area contributed by atoms with Crippen molar-refractivity contribution in [1.29, 1.82) is 0 Å². The van der Waals surface area contributed by atoms with Crippen LogP contribution in [0.2, 0.25) is 0 Å². The SMILES string of the molecule is C[C@H]1CC[C@H](c2ccc3sc(CCN(C)C)nc3c2)NC1. The van der Waals surface area contributed by atoms with Gasteiger partial charge in [0.15, 0.2) is 0 Å². The van der Waals surface area contributed by atoms with Gasteiger partial charge in [0.2, 0.25) is 0 Å². The van der Waals surface area contributed by atoms with Crippen molar-refractivity contribution in [2.45, 2.75) is 32.2 Å². The third kappa shape index (κ3) is 3.62. The zero-order valence-corrected chi connectivity index (χ0v) is 14.0. The molecule has 1 aromatic carbocycles. The van der Waals surface area contributed by atoms with Gasteiger partial charge in [0.05, 0.1) is 15.2 Å². The number of hydrogen-bond donors (Lipinski definition) is 1. The average Bonchev–Trinajstić information content (AvgIpc) is 2.88. The highest BCUT2D eigenvalue weighted by molar-refractivity contribution is 7.18. The maximum Gasteiger partial charge on any atom is 0.0951 e. The molecule has 1 aliphatic heterocycles. The Labute approximate surface area is 131 Å². The van der Waals surface area contributed by atoms with E-state index in [-0.39, 0.29) is 0 Å². The molecule has 114 valence electrons. The second-order valence-electron chi connectivity index (χ2n) is 6.53. The monoisotopic (exact) mass is 303 g/mol. The van der Waals surface area contributed by atoms with Crippen LogP contribution in [0.15, 0.2) is 18.2 Å². The molecule has 1 aromatic heterocycles. The summed E-state index contributed by atoms with van der Waals surface area (Å²) in [4.78, 5) is 7.03. The van der Waals surface area contributed by atoms with Crippen molar-refractivity contribution in [2.75, 3.05) is 27.2 Å². The van der Waals surface area contributed by atoms with Gasteiger partial charge in [0.25, 0.3) is 0 Å². The first-order valence-electron chi connectivity index (χ1n) is 7.89. The highest BCUT2D eigenvalue weighted by Gasteiger charge is 2.19. The van der Waals surface area contributed by atoms with Gasteiger partial charge in [0.1, 0.15) is 0 Å². The number of aromatic nitrogens is 1. The number of benzene rings is 1. The van der Waals surface area contributed by atoms with Crippen LogP contribution < -0.4 is 5.32 Å². The number of hydrogen-bond acceptors (Lipinski definition) is 4. The summed E-state index contributed by atoms with van der Waals surface area (Å²) in [5, 5.41) is 4.92. The third-order valence-corrected chi connectivity index (χ3v) is 5.39. The fraction of sp³-hybridized carbons (Fsp3) is 0.588. The molecular weight excluding hydrogens is 278 g/mol. The molecule has 0 unspecified atom stereocenters. The summed E-state index contributed by atoms with van der Waals surface area (Å²) < 4.78 is 1.32. The molecule has 1 fully saturated rings. The topological polar surface area (TPSA) is 28.2 Å². The van der Waals surface area contributed by atoms with E-state index < -0.39 is 0 Å². The summed E-state index contributed by atoms with van der Waals surface area (Å²) in [5.74, 6) is 0.807. The molecule has 0 amide bonds. The molecule has 2 heterocycles. The van der Waals surface area contributed by atoms with E-state index in [0.717, 1.165) is 25.4 Å². The van der Waals surface area contributed by atoms with Crippen molar-refractivity contribution in [2.24, 2.45) is 5.92 Å². The molecule has 1 aliphatic rings. The predicted molar refractivity (Wildman–Crippen MR) is 91.0 cm³/mol. The van der Waals surface area contributed by atoms with Crippen LogP contribution in [-0.2, 0) is 6.42 Å². The second-order valence-corrected chi connectivity index (χ2v) is 7.65. The number of likely N-dealkylation sites (N-methyl/N-ethyl adjacent to an activating group) is 1. The van der Waals surface area contributed by atoms with Gasteiger partial charge in [-0.15, -0.1) is 11.3 Å². The van der Waals surface area contributed by atoms with Gasteiger partial charge in [-0.2, -0.15) is 0 Å². The van der Waals surface area contributed by atoms with Crippen molar-refractivity contribution >= 4 is 21.6 Å². The number of piperidine rings is 1. The van der Waals surface area contributed by atoms with Gasteiger partial charge in [-0.3, -0.25) is 0 Å². The molecule has 2 aromatic rings. The average molecular weight is 303 g/mol. The highest BCUT2D eigenvalue weighted by Crippen LogP contribution is 2.30. The minimum Gasteiger partial charge on any atom is -0.310 e. The predicted octanol–water partition coefficient (Wildman–Crippen LogP) is 3.46. The Hall–Kier alpha value is -0.970. The summed E-state index contributed by atoms with van der Waals surface area (Å²) in [6.07, 6.45) is 3.60. The van der Waals surface area contributed by atoms with Crippen LogP contribution in [0.5, 0.6) is 0 Å². The van der Waals surface area contributed by atoms with Crippen molar-refractivity contribution in [3.63, 3.8) is 0 Å². The largest absolute Gasteiger partial charge is 0.310 e. The first-order chi connectivity index (χ1) is 10.1. The molecule has 21 heavy (non-hydrogen) atoms. The van der Waals surface area contributed by atoms with Gasteiger partial charge in [-0.05, 0) is 57.1 Å². The lowest BCUT2D eigenvalue weighted by Crippen LogP contribution is -2.31. The number of nitrogens with one attached hydrogen (secondary N) is 1. The fourth-order valence-electron chi connectivity index (χ4n) is 2.92. The lowest BCUT2D eigenvalue weighted by atomic mass is 9.92. The molecule has 0 bridgehead atoms. The van der Waals surface area contributed by atoms with Gasteiger partial charge in [-0.25, -0.2) is 4.98 Å². The van der Waals surface area contributed by atoms with Crippen molar-refractivity contribution in [1.82, 2.24) is 15.2 Å². The van der Waals surface area contributed by atoms with Gasteiger partial charge < -0.3 is 10.2 Å². The Kier molecular flexibility index (Phi) is 4.57. The normalized spacial score (nSPS) is 23.0. The van der Waals surface area contributed by atoms with Crippen LogP contribution in [0.25, 0.3) is 10.2 Å². The van der Waals surface area contributed by atoms with Crippen LogP contribution in [0, 0.1) is 5.92 Å². The Bertz CT molecular complexity index is 597. The Morgan fingerprint density at radius 3 is 2.90 bits per heavy atom. The Morgan fingerprint density at radius 2 is 2.19 bits per heavy atom. The molecule has 0 radical (unpaired) electrons. The lowest BCUT2D eigenvalue weighted by Gasteiger charge is -2.28. The molecule has 1 saturated heterocycles. The summed E-state index contributed by atoms with van der Waals surface area (Å²) in [7, 11) is 4.22. The summed E-state index contributed by atoms with van der Waals surface area (Å²) in [5.41, 5.74) is 2.57. The number of thiazole rings is 1. The van der Waals surface area contributed by atoms with E-state index in [1.54, 1.807) is 0 Å². The summed E-state index contributed by atoms with van der Waals surface area (Å²) in [6.45, 7) is 4.52. The number of rotatable bonds is 4. The van der Waals surface area contributed by atoms with Crippen LogP contribution >= 0.6 is 11.3 Å². The van der Waals surface area contributed by atoms with Crippen molar-refractivity contribution in [3.05, 3.63) is 28.8 Å². The van der Waals surface area contributed by atoms with Gasteiger partial charge in [0, 0.05) is 19.0 Å². The number of fused-ring (bicyclic) bond motifs is 1. The third-order valence-electron chi connectivity index (χ3n) is 4.29. The van der Waals surface area contributed by atoms with Gasteiger partial charge >= 0.3 is 0 Å². The maximum absolute atomic E-state index is 4.82. The smallest absolute Gasteiger partial charge is 0.0951 e. The summed E-state index contributed by atoms with van der Waals surface area (Å²) >= 11 is 1.84. The molecule has 2 atom stereocenters. The zero-order chi connectivity index (χ0) is 14.8. The van der Waals surface area contributed by atoms with E-state index in [1.807, 2.05) is 11.3 Å². The quantitative estimate of drug-likeness (QED) is 0.937. The molecule has 0 saturated carbocycles. The maximum atomic E-state index is 4.82. The fourth-order valence-corrected chi connectivity index (χ4v) is 3.85. The van der Waals surface area contributed by atoms with E-state index in [4.69, 9.17) is 4.98 Å². The molecule has 3 rings (SSSR count). The van der Waals surface area contributed by atoms with Crippen LogP contribution in [0.1, 0.15) is 36.4 Å². The Morgan fingerprint density at radius 1 is 1.33 bits per heavy atom. The van der Waals surface area contributed by atoms with Crippen LogP contribution in [-0.4, -0.2) is 37.1 Å². The first kappa shape index (κ1) is 14.9. The second kappa shape index (κ2) is 6.42. The molecule has 1 N–H and O–H groups in total. The standard InChI is InChI=1S/C17H25N3S/c1-12-4-6-14(18-11-12)13-5-7-16-15(10-13)19-17(21-16)8-9-20(2)3/h5,7,10,12,14,18H,4,6,8-9,11H2,1-3H3/t12-,14+/m0/s1. The molecular formula is C17H25N3S. The zero-order valence-electron chi connectivity index (χ0n) is 13.2. The highest BCUT2D eigenvalue weighted by atomic mass is 32.1. The van der Waals surface area contributed by atoms with E-state index in [0.29, 0.717) is 6.04 Å². The van der Waals surface area contributed by atoms with E-state index in [2.05, 4.69) is 49.4 Å². The summed E-state index contributed by atoms with van der Waals surface area (Å²) in [6, 6.07) is 7.33. The van der Waals surface area contributed by atoms with E-state index in [9.17, 15) is 0 Å². The molecule has 0 spiro atoms. The van der Waals surface area contributed by atoms with Crippen LogP contribution in [0.4, 0.5) is 0 Å². The van der Waals surface area contributed by atoms with Crippen LogP contribution in [0.3, 0.4) is 0 Å². The van der Waals surface area contributed by atoms with Gasteiger partial charge in [-0.1, -0.05) is 13.0 Å². The minimum absolute atomic E-state index is 0.512. The minimum atomic E-state index is 0.512. The molecule has 0 aliphatic carbocycles. The Balaban J connectivity index is 1.76. The van der Waals surface area contributed by atoms with Crippen molar-refractivity contribution in [3.8, 4) is 0 Å².